The Balaban J connectivity index is 3.33. The van der Waals surface area contributed by atoms with Crippen LogP contribution < -0.4 is 11.1 Å². The maximum Gasteiger partial charge on any atom is 0.236 e. The standard InChI is InChI=1S/C8H18N2O3/c1-3-12-4-5-13-6-7(10-2)8(9)11/h7,10H,3-6H2,1-2H3,(H2,9,11). The molecular weight excluding hydrogens is 172 g/mol. The fraction of sp³-hybridized carbons (Fsp3) is 0.875. The zero-order chi connectivity index (χ0) is 10.1. The summed E-state index contributed by atoms with van der Waals surface area (Å²) in [4.78, 5) is 10.7. The zero-order valence-corrected chi connectivity index (χ0v) is 8.21. The van der Waals surface area contributed by atoms with Crippen LogP contribution in [0.25, 0.3) is 0 Å². The summed E-state index contributed by atoms with van der Waals surface area (Å²) in [7, 11) is 1.67. The predicted molar refractivity (Wildman–Crippen MR) is 49.4 cm³/mol. The minimum atomic E-state index is -0.415. The minimum absolute atomic E-state index is 0.291. The summed E-state index contributed by atoms with van der Waals surface area (Å²) >= 11 is 0. The van der Waals surface area contributed by atoms with Crippen molar-refractivity contribution in [3.05, 3.63) is 0 Å². The third-order valence-corrected chi connectivity index (χ3v) is 1.55. The van der Waals surface area contributed by atoms with Gasteiger partial charge in [-0.05, 0) is 14.0 Å². The van der Waals surface area contributed by atoms with Gasteiger partial charge in [-0.3, -0.25) is 4.79 Å². The lowest BCUT2D eigenvalue weighted by molar-refractivity contribution is -0.121. The van der Waals surface area contributed by atoms with E-state index in [9.17, 15) is 4.79 Å². The van der Waals surface area contributed by atoms with E-state index in [1.165, 1.54) is 0 Å². The van der Waals surface area contributed by atoms with Crippen molar-refractivity contribution >= 4 is 5.91 Å². The van der Waals surface area contributed by atoms with Gasteiger partial charge in [-0.1, -0.05) is 0 Å². The molecule has 0 radical (unpaired) electrons. The van der Waals surface area contributed by atoms with Gasteiger partial charge < -0.3 is 20.5 Å². The molecule has 78 valence electrons. The Labute approximate surface area is 78.6 Å². The van der Waals surface area contributed by atoms with Crippen LogP contribution in [0.3, 0.4) is 0 Å². The third kappa shape index (κ3) is 6.51. The molecule has 0 rings (SSSR count). The van der Waals surface area contributed by atoms with Crippen LogP contribution in [0.4, 0.5) is 0 Å². The van der Waals surface area contributed by atoms with E-state index in [4.69, 9.17) is 15.2 Å². The molecular formula is C8H18N2O3. The number of hydrogen-bond donors (Lipinski definition) is 2. The number of hydrogen-bond acceptors (Lipinski definition) is 4. The summed E-state index contributed by atoms with van der Waals surface area (Å²) in [6, 6.07) is -0.415. The van der Waals surface area contributed by atoms with Gasteiger partial charge in [0.05, 0.1) is 19.8 Å². The molecule has 5 nitrogen and oxygen atoms in total. The number of nitrogens with one attached hydrogen (secondary N) is 1. The molecule has 13 heavy (non-hydrogen) atoms. The van der Waals surface area contributed by atoms with Crippen molar-refractivity contribution < 1.29 is 14.3 Å². The van der Waals surface area contributed by atoms with Crippen LogP contribution in [0.1, 0.15) is 6.92 Å². The SMILES string of the molecule is CCOCCOCC(NC)C(N)=O. The van der Waals surface area contributed by atoms with Gasteiger partial charge in [-0.2, -0.15) is 0 Å². The number of nitrogens with two attached hydrogens (primary N) is 1. The molecule has 0 heterocycles. The monoisotopic (exact) mass is 190 g/mol. The number of rotatable bonds is 8. The second kappa shape index (κ2) is 7.97. The normalized spacial score (nSPS) is 12.8. The molecule has 0 spiro atoms. The van der Waals surface area contributed by atoms with Gasteiger partial charge in [-0.25, -0.2) is 0 Å². The number of primary amides is 1. The second-order valence-electron chi connectivity index (χ2n) is 2.52. The quantitative estimate of drug-likeness (QED) is 0.487. The van der Waals surface area contributed by atoms with Crippen molar-refractivity contribution in [1.82, 2.24) is 5.32 Å². The van der Waals surface area contributed by atoms with Crippen LogP contribution >= 0.6 is 0 Å². The average molecular weight is 190 g/mol. The van der Waals surface area contributed by atoms with Crippen molar-refractivity contribution in [3.8, 4) is 0 Å². The number of carbonyl (C=O) groups is 1. The van der Waals surface area contributed by atoms with E-state index in [1.807, 2.05) is 6.92 Å². The number of ether oxygens (including phenoxy) is 2. The summed E-state index contributed by atoms with van der Waals surface area (Å²) < 4.78 is 10.2. The largest absolute Gasteiger partial charge is 0.379 e. The smallest absolute Gasteiger partial charge is 0.236 e. The Morgan fingerprint density at radius 2 is 2.08 bits per heavy atom. The van der Waals surface area contributed by atoms with E-state index in [1.54, 1.807) is 7.05 Å². The zero-order valence-electron chi connectivity index (χ0n) is 8.21. The highest BCUT2D eigenvalue weighted by molar-refractivity contribution is 5.79. The lowest BCUT2D eigenvalue weighted by atomic mass is 10.3. The Kier molecular flexibility index (Phi) is 7.57. The lowest BCUT2D eigenvalue weighted by Crippen LogP contribution is -2.42. The molecule has 0 aliphatic heterocycles. The highest BCUT2D eigenvalue weighted by Crippen LogP contribution is 1.84. The van der Waals surface area contributed by atoms with E-state index in [0.29, 0.717) is 26.4 Å². The van der Waals surface area contributed by atoms with E-state index < -0.39 is 11.9 Å². The Morgan fingerprint density at radius 1 is 1.46 bits per heavy atom. The summed E-state index contributed by atoms with van der Waals surface area (Å²) in [6.07, 6.45) is 0. The van der Waals surface area contributed by atoms with Crippen molar-refractivity contribution in [1.29, 1.82) is 0 Å². The molecule has 1 unspecified atom stereocenters. The maximum absolute atomic E-state index is 10.7. The summed E-state index contributed by atoms with van der Waals surface area (Å²) in [5, 5.41) is 2.75. The average Bonchev–Trinajstić information content (AvgIpc) is 2.10. The number of carbonyl (C=O) groups excluding carboxylic acids is 1. The van der Waals surface area contributed by atoms with Crippen LogP contribution in [0.2, 0.25) is 0 Å². The van der Waals surface area contributed by atoms with E-state index >= 15 is 0 Å². The van der Waals surface area contributed by atoms with Crippen LogP contribution in [0, 0.1) is 0 Å². The molecule has 1 amide bonds. The summed E-state index contributed by atoms with van der Waals surface area (Å²) in [6.45, 7) is 3.92. The molecule has 0 aromatic rings. The van der Waals surface area contributed by atoms with Gasteiger partial charge in [0, 0.05) is 6.61 Å². The van der Waals surface area contributed by atoms with Gasteiger partial charge in [0.2, 0.25) is 5.91 Å². The van der Waals surface area contributed by atoms with Gasteiger partial charge in [-0.15, -0.1) is 0 Å². The third-order valence-electron chi connectivity index (χ3n) is 1.55. The first kappa shape index (κ1) is 12.3. The predicted octanol–water partition coefficient (Wildman–Crippen LogP) is -0.887. The maximum atomic E-state index is 10.7. The topological polar surface area (TPSA) is 73.6 Å². The molecule has 1 atom stereocenters. The second-order valence-corrected chi connectivity index (χ2v) is 2.52. The molecule has 0 bridgehead atoms. The first-order valence-corrected chi connectivity index (χ1v) is 4.34. The summed E-state index contributed by atoms with van der Waals surface area (Å²) in [5.41, 5.74) is 5.08. The Hall–Kier alpha value is -0.650. The molecule has 0 aromatic carbocycles. The van der Waals surface area contributed by atoms with Crippen molar-refractivity contribution in [2.75, 3.05) is 33.5 Å². The first-order chi connectivity index (χ1) is 6.22. The van der Waals surface area contributed by atoms with Crippen LogP contribution in [-0.2, 0) is 14.3 Å². The highest BCUT2D eigenvalue weighted by atomic mass is 16.5. The molecule has 3 N–H and O–H groups in total. The number of amides is 1. The minimum Gasteiger partial charge on any atom is -0.379 e. The lowest BCUT2D eigenvalue weighted by Gasteiger charge is -2.12. The molecule has 0 saturated heterocycles. The van der Waals surface area contributed by atoms with E-state index in [2.05, 4.69) is 5.32 Å². The molecule has 0 saturated carbocycles. The molecule has 5 heteroatoms. The van der Waals surface area contributed by atoms with Crippen molar-refractivity contribution in [2.45, 2.75) is 13.0 Å². The van der Waals surface area contributed by atoms with E-state index in [0.717, 1.165) is 0 Å². The van der Waals surface area contributed by atoms with Gasteiger partial charge in [0.1, 0.15) is 6.04 Å². The molecule has 0 aliphatic rings. The van der Waals surface area contributed by atoms with Crippen molar-refractivity contribution in [3.63, 3.8) is 0 Å². The van der Waals surface area contributed by atoms with Gasteiger partial charge >= 0.3 is 0 Å². The molecule has 0 fully saturated rings. The fourth-order valence-corrected chi connectivity index (χ4v) is 0.771. The van der Waals surface area contributed by atoms with Crippen LogP contribution in [-0.4, -0.2) is 45.4 Å². The number of likely N-dealkylation sites (N-methyl/N-ethyl adjacent to an activating group) is 1. The van der Waals surface area contributed by atoms with Crippen LogP contribution in [0.5, 0.6) is 0 Å². The van der Waals surface area contributed by atoms with Gasteiger partial charge in [0.25, 0.3) is 0 Å². The van der Waals surface area contributed by atoms with E-state index in [-0.39, 0.29) is 0 Å². The highest BCUT2D eigenvalue weighted by Gasteiger charge is 2.11. The summed E-state index contributed by atoms with van der Waals surface area (Å²) in [5.74, 6) is -0.404. The molecule has 0 aliphatic carbocycles. The first-order valence-electron chi connectivity index (χ1n) is 4.34. The van der Waals surface area contributed by atoms with Gasteiger partial charge in [0.15, 0.2) is 0 Å². The molecule has 0 aromatic heterocycles. The van der Waals surface area contributed by atoms with Crippen molar-refractivity contribution in [2.24, 2.45) is 5.73 Å². The Bertz CT molecular complexity index is 141. The fourth-order valence-electron chi connectivity index (χ4n) is 0.771. The van der Waals surface area contributed by atoms with Crippen LogP contribution in [0.15, 0.2) is 0 Å². The Morgan fingerprint density at radius 3 is 2.54 bits per heavy atom.